The average molecular weight is 383 g/mol. The van der Waals surface area contributed by atoms with Gasteiger partial charge in [0.1, 0.15) is 5.75 Å². The molecule has 0 spiro atoms. The Hall–Kier alpha value is -2.81. The molecule has 0 aliphatic heterocycles. The lowest BCUT2D eigenvalue weighted by atomic mass is 10.2. The topological polar surface area (TPSA) is 43.6 Å². The van der Waals surface area contributed by atoms with Crippen LogP contribution in [-0.4, -0.2) is 17.6 Å². The molecule has 0 bridgehead atoms. The van der Waals surface area contributed by atoms with Crippen molar-refractivity contribution in [2.75, 3.05) is 7.11 Å². The third-order valence-corrected chi connectivity index (χ3v) is 5.04. The lowest BCUT2D eigenvalue weighted by Gasteiger charge is -2.01. The molecule has 0 aliphatic rings. The van der Waals surface area contributed by atoms with Gasteiger partial charge in [0.25, 0.3) is 5.91 Å². The molecule has 0 saturated carbocycles. The third kappa shape index (κ3) is 3.88. The van der Waals surface area contributed by atoms with Gasteiger partial charge >= 0.3 is 0 Å². The van der Waals surface area contributed by atoms with E-state index in [0.717, 1.165) is 21.5 Å². The summed E-state index contributed by atoms with van der Waals surface area (Å²) in [5.41, 5.74) is 1.67. The molecule has 0 aliphatic carbocycles. The van der Waals surface area contributed by atoms with E-state index in [1.165, 1.54) is 17.4 Å². The lowest BCUT2D eigenvalue weighted by Crippen LogP contribution is -2.15. The fraction of sp³-hybridized carbons (Fsp3) is 0.100. The zero-order chi connectivity index (χ0) is 18.5. The fourth-order valence-corrected chi connectivity index (χ4v) is 3.67. The van der Waals surface area contributed by atoms with Crippen molar-refractivity contribution in [2.45, 2.75) is 6.54 Å². The fourth-order valence-electron chi connectivity index (χ4n) is 2.41. The van der Waals surface area contributed by atoms with Crippen molar-refractivity contribution in [1.82, 2.24) is 4.57 Å². The van der Waals surface area contributed by atoms with Gasteiger partial charge in [0, 0.05) is 11.1 Å². The van der Waals surface area contributed by atoms with Gasteiger partial charge in [0.05, 0.1) is 23.9 Å². The second kappa shape index (κ2) is 8.05. The highest BCUT2D eigenvalue weighted by atomic mass is 35.5. The number of carbonyl (C=O) groups is 1. The van der Waals surface area contributed by atoms with Gasteiger partial charge in [0.15, 0.2) is 4.80 Å². The number of hydrogen-bond donors (Lipinski definition) is 0. The van der Waals surface area contributed by atoms with Crippen LogP contribution in [0.3, 0.4) is 0 Å². The zero-order valence-corrected chi connectivity index (χ0v) is 15.6. The maximum atomic E-state index is 12.3. The summed E-state index contributed by atoms with van der Waals surface area (Å²) in [7, 11) is 1.61. The molecular weight excluding hydrogens is 368 g/mol. The molecule has 3 rings (SSSR count). The molecule has 1 aromatic heterocycles. The third-order valence-electron chi connectivity index (χ3n) is 3.66. The molecule has 6 heteroatoms. The van der Waals surface area contributed by atoms with Gasteiger partial charge in [-0.15, -0.1) is 6.42 Å². The van der Waals surface area contributed by atoms with Gasteiger partial charge in [-0.05, 0) is 35.9 Å². The summed E-state index contributed by atoms with van der Waals surface area (Å²) < 4.78 is 8.03. The average Bonchev–Trinajstić information content (AvgIpc) is 2.97. The zero-order valence-electron chi connectivity index (χ0n) is 14.0. The van der Waals surface area contributed by atoms with E-state index in [0.29, 0.717) is 16.4 Å². The SMILES string of the molecule is C#CCn1c(=NC(=O)C=Cc2ccccc2Cl)sc2cc(OC)ccc21. The number of carbonyl (C=O) groups excluding carboxylic acids is 1. The van der Waals surface area contributed by atoms with Crippen molar-refractivity contribution in [3.8, 4) is 18.1 Å². The molecule has 0 atom stereocenters. The Labute approximate surface area is 160 Å². The van der Waals surface area contributed by atoms with Gasteiger partial charge in [-0.2, -0.15) is 4.99 Å². The summed E-state index contributed by atoms with van der Waals surface area (Å²) >= 11 is 7.47. The van der Waals surface area contributed by atoms with Crippen molar-refractivity contribution in [2.24, 2.45) is 4.99 Å². The number of amides is 1. The standard InChI is InChI=1S/C20H15ClN2O2S/c1-3-12-23-17-10-9-15(25-2)13-18(17)26-20(23)22-19(24)11-8-14-6-4-5-7-16(14)21/h1,4-11,13H,12H2,2H3. The summed E-state index contributed by atoms with van der Waals surface area (Å²) in [6.45, 7) is 0.326. The molecular formula is C20H15ClN2O2S. The number of methoxy groups -OCH3 is 1. The Morgan fingerprint density at radius 2 is 2.19 bits per heavy atom. The lowest BCUT2D eigenvalue weighted by molar-refractivity contribution is -0.113. The highest BCUT2D eigenvalue weighted by molar-refractivity contribution is 7.16. The van der Waals surface area contributed by atoms with E-state index in [2.05, 4.69) is 10.9 Å². The number of terminal acetylenes is 1. The molecule has 0 unspecified atom stereocenters. The first-order valence-electron chi connectivity index (χ1n) is 7.74. The summed E-state index contributed by atoms with van der Waals surface area (Å²) in [6, 6.07) is 12.9. The van der Waals surface area contributed by atoms with E-state index in [4.69, 9.17) is 22.8 Å². The minimum Gasteiger partial charge on any atom is -0.497 e. The molecule has 1 amide bonds. The molecule has 1 heterocycles. The van der Waals surface area contributed by atoms with Crippen LogP contribution in [-0.2, 0) is 11.3 Å². The Balaban J connectivity index is 2.00. The van der Waals surface area contributed by atoms with Crippen LogP contribution in [0.1, 0.15) is 5.56 Å². The summed E-state index contributed by atoms with van der Waals surface area (Å²) in [6.07, 6.45) is 8.52. The molecule has 3 aromatic rings. The number of hydrogen-bond acceptors (Lipinski definition) is 3. The number of nitrogens with zero attached hydrogens (tertiary/aromatic N) is 2. The first-order chi connectivity index (χ1) is 12.6. The largest absolute Gasteiger partial charge is 0.497 e. The predicted octanol–water partition coefficient (Wildman–Crippen LogP) is 4.14. The van der Waals surface area contributed by atoms with E-state index < -0.39 is 0 Å². The second-order valence-electron chi connectivity index (χ2n) is 5.31. The molecule has 0 N–H and O–H groups in total. The van der Waals surface area contributed by atoms with Gasteiger partial charge in [-0.3, -0.25) is 4.79 Å². The normalized spacial score (nSPS) is 11.8. The van der Waals surface area contributed by atoms with Crippen molar-refractivity contribution >= 4 is 45.1 Å². The molecule has 4 nitrogen and oxygen atoms in total. The number of aromatic nitrogens is 1. The number of thiazole rings is 1. The summed E-state index contributed by atoms with van der Waals surface area (Å²) in [5, 5.41) is 0.577. The molecule has 26 heavy (non-hydrogen) atoms. The number of fused-ring (bicyclic) bond motifs is 1. The maximum Gasteiger partial charge on any atom is 0.272 e. The predicted molar refractivity (Wildman–Crippen MR) is 106 cm³/mol. The van der Waals surface area contributed by atoms with E-state index in [-0.39, 0.29) is 5.91 Å². The van der Waals surface area contributed by atoms with E-state index in [1.54, 1.807) is 19.3 Å². The van der Waals surface area contributed by atoms with Crippen LogP contribution in [0, 0.1) is 12.3 Å². The molecule has 2 aromatic carbocycles. The Bertz CT molecular complexity index is 1100. The molecule has 0 fully saturated rings. The maximum absolute atomic E-state index is 12.3. The monoisotopic (exact) mass is 382 g/mol. The highest BCUT2D eigenvalue weighted by Crippen LogP contribution is 2.23. The van der Waals surface area contributed by atoms with Crippen molar-refractivity contribution in [3.05, 3.63) is 63.9 Å². The first kappa shape index (κ1) is 18.0. The van der Waals surface area contributed by atoms with Gasteiger partial charge in [-0.1, -0.05) is 47.1 Å². The summed E-state index contributed by atoms with van der Waals surface area (Å²) in [4.78, 5) is 17.0. The quantitative estimate of drug-likeness (QED) is 0.502. The molecule has 0 radical (unpaired) electrons. The van der Waals surface area contributed by atoms with Crippen molar-refractivity contribution in [3.63, 3.8) is 0 Å². The van der Waals surface area contributed by atoms with Crippen LogP contribution in [0.5, 0.6) is 5.75 Å². The Kier molecular flexibility index (Phi) is 5.57. The van der Waals surface area contributed by atoms with Crippen LogP contribution in [0.4, 0.5) is 0 Å². The Morgan fingerprint density at radius 3 is 2.92 bits per heavy atom. The number of benzene rings is 2. The van der Waals surface area contributed by atoms with E-state index in [9.17, 15) is 4.79 Å². The van der Waals surface area contributed by atoms with Crippen molar-refractivity contribution < 1.29 is 9.53 Å². The van der Waals surface area contributed by atoms with E-state index >= 15 is 0 Å². The van der Waals surface area contributed by atoms with Crippen LogP contribution >= 0.6 is 22.9 Å². The summed E-state index contributed by atoms with van der Waals surface area (Å²) in [5.74, 6) is 2.96. The number of ether oxygens (including phenoxy) is 1. The smallest absolute Gasteiger partial charge is 0.272 e. The van der Waals surface area contributed by atoms with Crippen LogP contribution in [0.2, 0.25) is 5.02 Å². The minimum absolute atomic E-state index is 0.326. The van der Waals surface area contributed by atoms with Gasteiger partial charge < -0.3 is 9.30 Å². The molecule has 130 valence electrons. The van der Waals surface area contributed by atoms with Gasteiger partial charge in [-0.25, -0.2) is 0 Å². The first-order valence-corrected chi connectivity index (χ1v) is 8.94. The second-order valence-corrected chi connectivity index (χ2v) is 6.73. The van der Waals surface area contributed by atoms with Gasteiger partial charge in [0.2, 0.25) is 0 Å². The van der Waals surface area contributed by atoms with Crippen LogP contribution < -0.4 is 9.54 Å². The van der Waals surface area contributed by atoms with Crippen LogP contribution in [0.25, 0.3) is 16.3 Å². The number of halogens is 1. The minimum atomic E-state index is -0.380. The Morgan fingerprint density at radius 1 is 1.38 bits per heavy atom. The van der Waals surface area contributed by atoms with Crippen molar-refractivity contribution in [1.29, 1.82) is 0 Å². The number of rotatable bonds is 4. The van der Waals surface area contributed by atoms with Crippen LogP contribution in [0.15, 0.2) is 53.5 Å². The molecule has 0 saturated heterocycles. The van der Waals surface area contributed by atoms with E-state index in [1.807, 2.05) is 41.0 Å². The highest BCUT2D eigenvalue weighted by Gasteiger charge is 2.07.